The number of furan rings is 1. The van der Waals surface area contributed by atoms with Crippen LogP contribution in [-0.2, 0) is 0 Å². The van der Waals surface area contributed by atoms with Crippen LogP contribution in [-0.4, -0.2) is 29.3 Å². The maximum absolute atomic E-state index is 12.0. The molecule has 6 nitrogen and oxygen atoms in total. The first-order chi connectivity index (χ1) is 10.0. The van der Waals surface area contributed by atoms with Crippen LogP contribution >= 0.6 is 0 Å². The number of aromatic nitrogens is 1. The van der Waals surface area contributed by atoms with E-state index >= 15 is 0 Å². The molecule has 0 fully saturated rings. The summed E-state index contributed by atoms with van der Waals surface area (Å²) in [5.41, 5.74) is 0.144. The van der Waals surface area contributed by atoms with Crippen molar-refractivity contribution in [3.05, 3.63) is 30.2 Å². The van der Waals surface area contributed by atoms with Crippen molar-refractivity contribution in [3.63, 3.8) is 0 Å². The predicted octanol–water partition coefficient (Wildman–Crippen LogP) is 2.46. The molecule has 0 atom stereocenters. The van der Waals surface area contributed by atoms with E-state index in [1.54, 1.807) is 18.2 Å². The van der Waals surface area contributed by atoms with Gasteiger partial charge in [0, 0.05) is 19.2 Å². The lowest BCUT2D eigenvalue weighted by molar-refractivity contribution is 0.0924. The third-order valence-corrected chi connectivity index (χ3v) is 3.25. The van der Waals surface area contributed by atoms with Crippen molar-refractivity contribution in [3.8, 4) is 11.5 Å². The molecule has 0 spiro atoms. The number of nitrogens with one attached hydrogen (secondary N) is 1. The average Bonchev–Trinajstić information content (AvgIpc) is 3.12. The summed E-state index contributed by atoms with van der Waals surface area (Å²) in [6, 6.07) is 5.02. The number of aliphatic hydroxyl groups excluding tert-OH is 1. The van der Waals surface area contributed by atoms with E-state index in [1.807, 2.05) is 13.8 Å². The van der Waals surface area contributed by atoms with E-state index in [9.17, 15) is 4.79 Å². The van der Waals surface area contributed by atoms with Gasteiger partial charge in [-0.25, -0.2) is 0 Å². The zero-order valence-electron chi connectivity index (χ0n) is 12.3. The molecule has 2 rings (SSSR count). The van der Waals surface area contributed by atoms with E-state index in [1.165, 1.54) is 6.26 Å². The maximum atomic E-state index is 12.0. The summed E-state index contributed by atoms with van der Waals surface area (Å²) in [6.07, 6.45) is 3.08. The van der Waals surface area contributed by atoms with Gasteiger partial charge < -0.3 is 19.4 Å². The fourth-order valence-corrected chi connectivity index (χ4v) is 1.97. The number of aliphatic hydroxyl groups is 1. The monoisotopic (exact) mass is 292 g/mol. The van der Waals surface area contributed by atoms with Gasteiger partial charge in [0.2, 0.25) is 5.76 Å². The van der Waals surface area contributed by atoms with Gasteiger partial charge in [-0.2, -0.15) is 0 Å². The molecule has 0 bridgehead atoms. The van der Waals surface area contributed by atoms with E-state index in [0.29, 0.717) is 18.1 Å². The van der Waals surface area contributed by atoms with E-state index in [0.717, 1.165) is 12.8 Å². The van der Waals surface area contributed by atoms with Gasteiger partial charge in [0.15, 0.2) is 11.5 Å². The van der Waals surface area contributed by atoms with Crippen LogP contribution in [0.15, 0.2) is 33.4 Å². The van der Waals surface area contributed by atoms with Crippen LogP contribution in [0.2, 0.25) is 0 Å². The molecule has 0 aliphatic heterocycles. The standard InChI is InChI=1S/C15H20N2O4/c1-15(2,6-4-7-18)10-16-14(19)11-9-13(21-17-11)12-5-3-8-20-12/h3,5,8-9,18H,4,6-7,10H2,1-2H3,(H,16,19). The van der Waals surface area contributed by atoms with Gasteiger partial charge in [0.25, 0.3) is 5.91 Å². The molecule has 2 aromatic heterocycles. The van der Waals surface area contributed by atoms with Crippen LogP contribution in [0.1, 0.15) is 37.2 Å². The molecular formula is C15H20N2O4. The van der Waals surface area contributed by atoms with Crippen molar-refractivity contribution in [2.75, 3.05) is 13.2 Å². The highest BCUT2D eigenvalue weighted by Crippen LogP contribution is 2.22. The van der Waals surface area contributed by atoms with Crippen LogP contribution < -0.4 is 5.32 Å². The highest BCUT2D eigenvalue weighted by molar-refractivity contribution is 5.92. The number of hydrogen-bond acceptors (Lipinski definition) is 5. The third-order valence-electron chi connectivity index (χ3n) is 3.25. The van der Waals surface area contributed by atoms with Gasteiger partial charge >= 0.3 is 0 Å². The largest absolute Gasteiger partial charge is 0.461 e. The Morgan fingerprint density at radius 3 is 2.90 bits per heavy atom. The average molecular weight is 292 g/mol. The van der Waals surface area contributed by atoms with Gasteiger partial charge in [-0.1, -0.05) is 19.0 Å². The molecule has 2 heterocycles. The minimum absolute atomic E-state index is 0.0774. The first kappa shape index (κ1) is 15.3. The summed E-state index contributed by atoms with van der Waals surface area (Å²) < 4.78 is 10.3. The molecular weight excluding hydrogens is 272 g/mol. The Morgan fingerprint density at radius 2 is 2.24 bits per heavy atom. The lowest BCUT2D eigenvalue weighted by Gasteiger charge is -2.24. The van der Waals surface area contributed by atoms with Crippen molar-refractivity contribution in [1.29, 1.82) is 0 Å². The van der Waals surface area contributed by atoms with Gasteiger partial charge in [-0.05, 0) is 30.4 Å². The quantitative estimate of drug-likeness (QED) is 0.818. The molecule has 0 aromatic carbocycles. The van der Waals surface area contributed by atoms with Crippen molar-refractivity contribution >= 4 is 5.91 Å². The Morgan fingerprint density at radius 1 is 1.43 bits per heavy atom. The molecule has 1 amide bonds. The van der Waals surface area contributed by atoms with E-state index in [4.69, 9.17) is 14.0 Å². The second kappa shape index (κ2) is 6.58. The topological polar surface area (TPSA) is 88.5 Å². The first-order valence-electron chi connectivity index (χ1n) is 6.91. The van der Waals surface area contributed by atoms with E-state index in [-0.39, 0.29) is 23.6 Å². The molecule has 0 saturated carbocycles. The fourth-order valence-electron chi connectivity index (χ4n) is 1.97. The first-order valence-corrected chi connectivity index (χ1v) is 6.91. The smallest absolute Gasteiger partial charge is 0.273 e. The molecule has 2 N–H and O–H groups in total. The number of nitrogens with zero attached hydrogens (tertiary/aromatic N) is 1. The number of hydrogen-bond donors (Lipinski definition) is 2. The highest BCUT2D eigenvalue weighted by atomic mass is 16.5. The number of carbonyl (C=O) groups is 1. The Bertz CT molecular complexity index is 572. The Hall–Kier alpha value is -2.08. The molecule has 0 radical (unpaired) electrons. The summed E-state index contributed by atoms with van der Waals surface area (Å²) in [5.74, 6) is 0.670. The van der Waals surface area contributed by atoms with Crippen LogP contribution in [0.3, 0.4) is 0 Å². The van der Waals surface area contributed by atoms with Gasteiger partial charge in [-0.15, -0.1) is 0 Å². The fraction of sp³-hybridized carbons (Fsp3) is 0.467. The van der Waals surface area contributed by atoms with Gasteiger partial charge in [-0.3, -0.25) is 4.79 Å². The molecule has 0 unspecified atom stereocenters. The lowest BCUT2D eigenvalue weighted by atomic mass is 9.88. The third kappa shape index (κ3) is 4.19. The summed E-state index contributed by atoms with van der Waals surface area (Å²) in [4.78, 5) is 12.0. The zero-order chi connectivity index (χ0) is 15.3. The number of carbonyl (C=O) groups excluding carboxylic acids is 1. The van der Waals surface area contributed by atoms with Crippen molar-refractivity contribution in [2.24, 2.45) is 5.41 Å². The second-order valence-electron chi connectivity index (χ2n) is 5.73. The molecule has 0 aliphatic rings. The van der Waals surface area contributed by atoms with Crippen molar-refractivity contribution in [1.82, 2.24) is 10.5 Å². The van der Waals surface area contributed by atoms with E-state index in [2.05, 4.69) is 10.5 Å². The van der Waals surface area contributed by atoms with E-state index < -0.39 is 0 Å². The Labute approximate surface area is 123 Å². The second-order valence-corrected chi connectivity index (χ2v) is 5.73. The Balaban J connectivity index is 1.92. The minimum Gasteiger partial charge on any atom is -0.461 e. The minimum atomic E-state index is -0.284. The number of amides is 1. The van der Waals surface area contributed by atoms with Crippen LogP contribution in [0.25, 0.3) is 11.5 Å². The normalized spacial score (nSPS) is 11.6. The van der Waals surface area contributed by atoms with Gasteiger partial charge in [0.1, 0.15) is 0 Å². The summed E-state index contributed by atoms with van der Waals surface area (Å²) in [7, 11) is 0. The number of rotatable bonds is 7. The summed E-state index contributed by atoms with van der Waals surface area (Å²) in [6.45, 7) is 4.75. The molecule has 0 saturated heterocycles. The Kier molecular flexibility index (Phi) is 4.80. The van der Waals surface area contributed by atoms with Crippen LogP contribution in [0.5, 0.6) is 0 Å². The predicted molar refractivity (Wildman–Crippen MR) is 76.6 cm³/mol. The molecule has 0 aliphatic carbocycles. The van der Waals surface area contributed by atoms with Crippen molar-refractivity contribution in [2.45, 2.75) is 26.7 Å². The summed E-state index contributed by atoms with van der Waals surface area (Å²) in [5, 5.41) is 15.4. The summed E-state index contributed by atoms with van der Waals surface area (Å²) >= 11 is 0. The van der Waals surface area contributed by atoms with Crippen LogP contribution in [0, 0.1) is 5.41 Å². The SMILES string of the molecule is CC(C)(CCCO)CNC(=O)c1cc(-c2ccco2)on1. The van der Waals surface area contributed by atoms with Crippen LogP contribution in [0.4, 0.5) is 0 Å². The maximum Gasteiger partial charge on any atom is 0.273 e. The molecule has 21 heavy (non-hydrogen) atoms. The van der Waals surface area contributed by atoms with Gasteiger partial charge in [0.05, 0.1) is 6.26 Å². The molecule has 6 heteroatoms. The van der Waals surface area contributed by atoms with Crippen molar-refractivity contribution < 1.29 is 18.8 Å². The molecule has 114 valence electrons. The highest BCUT2D eigenvalue weighted by Gasteiger charge is 2.20. The lowest BCUT2D eigenvalue weighted by Crippen LogP contribution is -2.34. The molecule has 2 aromatic rings. The zero-order valence-corrected chi connectivity index (χ0v) is 12.3.